The van der Waals surface area contributed by atoms with Gasteiger partial charge in [0.15, 0.2) is 0 Å². The van der Waals surface area contributed by atoms with Gasteiger partial charge in [-0.3, -0.25) is 0 Å². The number of pyridine rings is 1. The Balaban J connectivity index is 1.68. The summed E-state index contributed by atoms with van der Waals surface area (Å²) in [4.78, 5) is 4.83. The normalized spacial score (nSPS) is 18.5. The molecule has 190 valence electrons. The van der Waals surface area contributed by atoms with E-state index in [-0.39, 0.29) is 0 Å². The Labute approximate surface area is 220 Å². The Hall–Kier alpha value is -3.19. The Morgan fingerprint density at radius 1 is 0.892 bits per heavy atom. The van der Waals surface area contributed by atoms with Gasteiger partial charge in [0.25, 0.3) is 0 Å². The number of hydrogen-bond donors (Lipinski definition) is 2. The van der Waals surface area contributed by atoms with Crippen LogP contribution in [0.15, 0.2) is 96.7 Å². The summed E-state index contributed by atoms with van der Waals surface area (Å²) in [7, 11) is -0.524. The van der Waals surface area contributed by atoms with Crippen molar-refractivity contribution in [3.05, 3.63) is 113 Å². The molecule has 2 heterocycles. The van der Waals surface area contributed by atoms with Gasteiger partial charge in [0.1, 0.15) is 11.4 Å². The fourth-order valence-corrected chi connectivity index (χ4v) is 5.18. The molecular formula is C31H36BN3O2. The fourth-order valence-electron chi connectivity index (χ4n) is 5.18. The zero-order chi connectivity index (χ0) is 26.1. The second-order valence-corrected chi connectivity index (χ2v) is 10.8. The van der Waals surface area contributed by atoms with Gasteiger partial charge in [-0.25, -0.2) is 4.98 Å². The Bertz CT molecular complexity index is 1250. The van der Waals surface area contributed by atoms with Crippen molar-refractivity contribution >= 4 is 18.4 Å². The van der Waals surface area contributed by atoms with Crippen molar-refractivity contribution < 1.29 is 9.31 Å². The lowest BCUT2D eigenvalue weighted by atomic mass is 9.73. The van der Waals surface area contributed by atoms with Crippen LogP contribution in [0.5, 0.6) is 0 Å². The van der Waals surface area contributed by atoms with Crippen molar-refractivity contribution in [2.24, 2.45) is 5.73 Å². The van der Waals surface area contributed by atoms with Gasteiger partial charge in [-0.05, 0) is 68.8 Å². The first kappa shape index (κ1) is 25.5. The van der Waals surface area contributed by atoms with E-state index in [1.807, 2.05) is 24.4 Å². The molecule has 3 aromatic rings. The Morgan fingerprint density at radius 2 is 1.49 bits per heavy atom. The molecule has 1 saturated heterocycles. The van der Waals surface area contributed by atoms with E-state index in [2.05, 4.69) is 99.8 Å². The van der Waals surface area contributed by atoms with Crippen molar-refractivity contribution in [2.75, 3.05) is 5.32 Å². The number of benzene rings is 2. The molecule has 5 nitrogen and oxygen atoms in total. The number of aromatic nitrogens is 1. The van der Waals surface area contributed by atoms with E-state index in [1.165, 1.54) is 5.57 Å². The second-order valence-electron chi connectivity index (χ2n) is 10.8. The van der Waals surface area contributed by atoms with Gasteiger partial charge in [-0.1, -0.05) is 78.9 Å². The van der Waals surface area contributed by atoms with Crippen LogP contribution in [0, 0.1) is 0 Å². The summed E-state index contributed by atoms with van der Waals surface area (Å²) in [6, 6.07) is 23.1. The molecule has 1 aromatic heterocycles. The third-order valence-electron chi connectivity index (χ3n) is 7.95. The fraction of sp³-hybridized carbons (Fsp3) is 0.323. The number of hydrogen-bond acceptors (Lipinski definition) is 5. The molecule has 37 heavy (non-hydrogen) atoms. The first-order valence-electron chi connectivity index (χ1n) is 13.1. The van der Waals surface area contributed by atoms with Gasteiger partial charge in [0, 0.05) is 18.3 Å². The third-order valence-corrected chi connectivity index (χ3v) is 7.95. The average Bonchev–Trinajstić information content (AvgIpc) is 3.14. The molecule has 0 saturated carbocycles. The maximum atomic E-state index is 6.41. The van der Waals surface area contributed by atoms with E-state index in [9.17, 15) is 0 Å². The molecule has 1 fully saturated rings. The van der Waals surface area contributed by atoms with E-state index in [0.29, 0.717) is 6.54 Å². The third kappa shape index (κ3) is 4.54. The van der Waals surface area contributed by atoms with Gasteiger partial charge in [0.05, 0.1) is 11.2 Å². The maximum absolute atomic E-state index is 6.41. The maximum Gasteiger partial charge on any atom is 0.495 e. The minimum absolute atomic E-state index is 0.296. The highest BCUT2D eigenvalue weighted by atomic mass is 16.7. The Morgan fingerprint density at radius 3 is 2.00 bits per heavy atom. The quantitative estimate of drug-likeness (QED) is 0.427. The smallest absolute Gasteiger partial charge is 0.399 e. The van der Waals surface area contributed by atoms with Crippen LogP contribution >= 0.6 is 0 Å². The predicted molar refractivity (Wildman–Crippen MR) is 152 cm³/mol. The number of nitrogens with one attached hydrogen (secondary N) is 1. The van der Waals surface area contributed by atoms with Gasteiger partial charge in [-0.15, -0.1) is 0 Å². The minimum Gasteiger partial charge on any atom is -0.399 e. The van der Waals surface area contributed by atoms with Crippen molar-refractivity contribution in [3.8, 4) is 0 Å². The average molecular weight is 493 g/mol. The monoisotopic (exact) mass is 493 g/mol. The molecule has 0 unspecified atom stereocenters. The Kier molecular flexibility index (Phi) is 6.84. The van der Waals surface area contributed by atoms with Crippen LogP contribution in [-0.4, -0.2) is 23.3 Å². The predicted octanol–water partition coefficient (Wildman–Crippen LogP) is 5.47. The first-order valence-corrected chi connectivity index (χ1v) is 13.1. The SMILES string of the molecule is CC1(C)OB(c2ccnc(NC(C3=CCCC=C3)(c3ccccc3)c3ccccc3)c2CN)OC1(C)C. The van der Waals surface area contributed by atoms with Gasteiger partial charge in [-0.2, -0.15) is 0 Å². The number of nitrogens with zero attached hydrogens (tertiary/aromatic N) is 1. The standard InChI is InChI=1S/C31H36BN3O2/c1-29(2)30(3,4)37-32(36-29)27-20-21-34-28(26(27)22-33)35-31(23-14-8-5-9-15-23,24-16-10-6-11-17-24)25-18-12-7-13-19-25/h5-6,8-12,14-21H,7,13,22,33H2,1-4H3,(H,34,35). The van der Waals surface area contributed by atoms with Crippen LogP contribution in [0.1, 0.15) is 57.2 Å². The molecule has 0 radical (unpaired) electrons. The largest absolute Gasteiger partial charge is 0.495 e. The van der Waals surface area contributed by atoms with Crippen molar-refractivity contribution in [1.29, 1.82) is 0 Å². The van der Waals surface area contributed by atoms with Crippen LogP contribution < -0.4 is 16.5 Å². The van der Waals surface area contributed by atoms with E-state index in [1.54, 1.807) is 0 Å². The topological polar surface area (TPSA) is 69.4 Å². The molecule has 2 aliphatic rings. The summed E-state index contributed by atoms with van der Waals surface area (Å²) in [6.45, 7) is 8.55. The molecule has 6 heteroatoms. The number of allylic oxidation sites excluding steroid dienone is 2. The van der Waals surface area contributed by atoms with E-state index in [4.69, 9.17) is 20.0 Å². The molecule has 0 atom stereocenters. The van der Waals surface area contributed by atoms with Crippen LogP contribution in [-0.2, 0) is 21.4 Å². The molecule has 0 bridgehead atoms. The lowest BCUT2D eigenvalue weighted by Gasteiger charge is -2.39. The number of rotatable bonds is 7. The zero-order valence-electron chi connectivity index (χ0n) is 22.2. The highest BCUT2D eigenvalue weighted by Crippen LogP contribution is 2.42. The van der Waals surface area contributed by atoms with Crippen molar-refractivity contribution in [1.82, 2.24) is 4.98 Å². The summed E-state index contributed by atoms with van der Waals surface area (Å²) < 4.78 is 12.8. The van der Waals surface area contributed by atoms with Crippen molar-refractivity contribution in [3.63, 3.8) is 0 Å². The van der Waals surface area contributed by atoms with Gasteiger partial charge < -0.3 is 20.4 Å². The molecule has 1 aliphatic carbocycles. The summed E-state index contributed by atoms with van der Waals surface area (Å²) in [5.41, 5.74) is 10.1. The summed E-state index contributed by atoms with van der Waals surface area (Å²) in [6.07, 6.45) is 10.6. The number of anilines is 1. The highest BCUT2D eigenvalue weighted by Gasteiger charge is 2.52. The highest BCUT2D eigenvalue weighted by molar-refractivity contribution is 6.62. The van der Waals surface area contributed by atoms with Crippen LogP contribution in [0.4, 0.5) is 5.82 Å². The van der Waals surface area contributed by atoms with Crippen LogP contribution in [0.25, 0.3) is 0 Å². The number of nitrogens with two attached hydrogens (primary N) is 1. The summed E-state index contributed by atoms with van der Waals surface area (Å²) in [5, 5.41) is 3.90. The molecule has 3 N–H and O–H groups in total. The molecule has 0 spiro atoms. The lowest BCUT2D eigenvalue weighted by Crippen LogP contribution is -2.42. The summed E-state index contributed by atoms with van der Waals surface area (Å²) >= 11 is 0. The lowest BCUT2D eigenvalue weighted by molar-refractivity contribution is 0.00578. The van der Waals surface area contributed by atoms with Crippen molar-refractivity contribution in [2.45, 2.75) is 63.8 Å². The zero-order valence-corrected chi connectivity index (χ0v) is 22.2. The second kappa shape index (κ2) is 9.94. The molecule has 2 aromatic carbocycles. The molecular weight excluding hydrogens is 457 g/mol. The van der Waals surface area contributed by atoms with E-state index < -0.39 is 23.9 Å². The van der Waals surface area contributed by atoms with Gasteiger partial charge in [0.2, 0.25) is 0 Å². The van der Waals surface area contributed by atoms with E-state index >= 15 is 0 Å². The minimum atomic E-state index is -0.662. The van der Waals surface area contributed by atoms with Crippen LogP contribution in [0.3, 0.4) is 0 Å². The first-order chi connectivity index (χ1) is 17.8. The summed E-state index contributed by atoms with van der Waals surface area (Å²) in [5.74, 6) is 0.724. The molecule has 5 rings (SSSR count). The van der Waals surface area contributed by atoms with Crippen LogP contribution in [0.2, 0.25) is 0 Å². The molecule has 1 aliphatic heterocycles. The molecule has 0 amide bonds. The van der Waals surface area contributed by atoms with Gasteiger partial charge >= 0.3 is 7.12 Å². The van der Waals surface area contributed by atoms with E-state index in [0.717, 1.165) is 40.8 Å².